The average molecular weight is 285 g/mol. The molecule has 1 amide bonds. The highest BCUT2D eigenvalue weighted by molar-refractivity contribution is 6.62. The van der Waals surface area contributed by atoms with E-state index >= 15 is 0 Å². The summed E-state index contributed by atoms with van der Waals surface area (Å²) in [7, 11) is -1.35. The van der Waals surface area contributed by atoms with E-state index in [1.807, 2.05) is 0 Å². The van der Waals surface area contributed by atoms with Crippen LogP contribution in [0.25, 0.3) is 0 Å². The largest absolute Gasteiger partial charge is 0.494 e. The second-order valence-electron chi connectivity index (χ2n) is 5.52. The molecule has 1 aliphatic rings. The van der Waals surface area contributed by atoms with Crippen LogP contribution in [0.3, 0.4) is 0 Å². The third-order valence-corrected chi connectivity index (χ3v) is 3.55. The van der Waals surface area contributed by atoms with E-state index in [1.54, 1.807) is 27.7 Å². The van der Waals surface area contributed by atoms with Gasteiger partial charge < -0.3 is 14.2 Å². The van der Waals surface area contributed by atoms with Gasteiger partial charge in [0.1, 0.15) is 0 Å². The summed E-state index contributed by atoms with van der Waals surface area (Å²) in [6.45, 7) is 0.0338. The molecule has 1 fully saturated rings. The van der Waals surface area contributed by atoms with Crippen LogP contribution in [0.1, 0.15) is 51.8 Å². The summed E-state index contributed by atoms with van der Waals surface area (Å²) in [5, 5.41) is 0. The lowest BCUT2D eigenvalue weighted by molar-refractivity contribution is 0.00578. The number of benzene rings is 1. The molecule has 4 nitrogen and oxygen atoms in total. The fourth-order valence-electron chi connectivity index (χ4n) is 1.66. The average Bonchev–Trinajstić information content (AvgIpc) is 2.70. The summed E-state index contributed by atoms with van der Waals surface area (Å²) < 4.78 is 88.6. The molecule has 0 aromatic heterocycles. The zero-order chi connectivity index (χ0) is 23.6. The first kappa shape index (κ1) is 6.63. The minimum Gasteiger partial charge on any atom is -0.399 e. The van der Waals surface area contributed by atoms with Gasteiger partial charge in [0, 0.05) is 27.7 Å². The number of hydrogen-bond acceptors (Lipinski definition) is 3. The standard InChI is InChI=1S/C15H22BNO3/c1-14(2)15(3,4)20-16(19-14)12-9-7-8-11(10-12)13(18)17(5)6/h7-10H,1-6H3/i5D3,6D3,7D,8D,9D,10D. The van der Waals surface area contributed by atoms with Crippen LogP contribution in [-0.4, -0.2) is 43.1 Å². The third kappa shape index (κ3) is 2.60. The number of carbonyl (C=O) groups is 1. The molecule has 2 rings (SSSR count). The number of carbonyl (C=O) groups excluding carboxylic acids is 1. The first-order valence-electron chi connectivity index (χ1n) is 11.0. The highest BCUT2D eigenvalue weighted by Crippen LogP contribution is 2.36. The smallest absolute Gasteiger partial charge is 0.399 e. The van der Waals surface area contributed by atoms with Crippen molar-refractivity contribution < 1.29 is 27.8 Å². The molecule has 108 valence electrons. The van der Waals surface area contributed by atoms with Gasteiger partial charge in [-0.25, -0.2) is 0 Å². The second kappa shape index (κ2) is 4.90. The number of rotatable bonds is 2. The molecular formula is C15H22BNO3. The van der Waals surface area contributed by atoms with Crippen LogP contribution in [0.4, 0.5) is 0 Å². The van der Waals surface area contributed by atoms with Crippen molar-refractivity contribution in [2.24, 2.45) is 0 Å². The predicted molar refractivity (Wildman–Crippen MR) is 80.2 cm³/mol. The van der Waals surface area contributed by atoms with E-state index in [9.17, 15) is 4.79 Å². The van der Waals surface area contributed by atoms with Crippen molar-refractivity contribution in [1.29, 1.82) is 0 Å². The fourth-order valence-corrected chi connectivity index (χ4v) is 1.66. The van der Waals surface area contributed by atoms with Crippen LogP contribution < -0.4 is 5.46 Å². The van der Waals surface area contributed by atoms with Crippen molar-refractivity contribution in [3.05, 3.63) is 29.7 Å². The quantitative estimate of drug-likeness (QED) is 0.776. The second-order valence-corrected chi connectivity index (χ2v) is 5.52. The van der Waals surface area contributed by atoms with Gasteiger partial charge in [-0.2, -0.15) is 0 Å². The van der Waals surface area contributed by atoms with E-state index in [0.29, 0.717) is 0 Å². The lowest BCUT2D eigenvalue weighted by Gasteiger charge is -2.32. The molecule has 0 radical (unpaired) electrons. The Morgan fingerprint density at radius 2 is 1.85 bits per heavy atom. The molecule has 1 heterocycles. The Kier molecular flexibility index (Phi) is 1.62. The Morgan fingerprint density at radius 1 is 1.25 bits per heavy atom. The molecular weight excluding hydrogens is 253 g/mol. The van der Waals surface area contributed by atoms with Crippen LogP contribution in [0.15, 0.2) is 24.2 Å². The molecule has 1 saturated heterocycles. The lowest BCUT2D eigenvalue weighted by atomic mass is 9.78. The summed E-state index contributed by atoms with van der Waals surface area (Å²) >= 11 is 0. The summed E-state index contributed by atoms with van der Waals surface area (Å²) in [4.78, 5) is 12.5. The monoisotopic (exact) mass is 285 g/mol. The van der Waals surface area contributed by atoms with E-state index in [4.69, 9.17) is 23.0 Å². The summed E-state index contributed by atoms with van der Waals surface area (Å²) in [5.74, 6) is -1.64. The van der Waals surface area contributed by atoms with Crippen molar-refractivity contribution >= 4 is 18.5 Å². The summed E-state index contributed by atoms with van der Waals surface area (Å²) in [5.41, 5.74) is -3.04. The minimum absolute atomic E-state index is 0.353. The molecule has 5 heteroatoms. The molecule has 0 N–H and O–H groups in total. The van der Waals surface area contributed by atoms with Crippen molar-refractivity contribution in [1.82, 2.24) is 4.90 Å². The van der Waals surface area contributed by atoms with Gasteiger partial charge in [0.25, 0.3) is 5.91 Å². The number of nitrogens with zero attached hydrogens (tertiary/aromatic N) is 1. The van der Waals surface area contributed by atoms with E-state index in [0.717, 1.165) is 0 Å². The molecule has 0 bridgehead atoms. The maximum Gasteiger partial charge on any atom is 0.494 e. The minimum atomic E-state index is -3.40. The Balaban J connectivity index is 2.74. The third-order valence-electron chi connectivity index (χ3n) is 3.55. The van der Waals surface area contributed by atoms with Crippen molar-refractivity contribution in [2.75, 3.05) is 14.0 Å². The Labute approximate surface area is 135 Å². The molecule has 0 atom stereocenters. The summed E-state index contributed by atoms with van der Waals surface area (Å²) in [6, 6.07) is -3.10. The van der Waals surface area contributed by atoms with Crippen molar-refractivity contribution in [3.8, 4) is 0 Å². The summed E-state index contributed by atoms with van der Waals surface area (Å²) in [6.07, 6.45) is 0. The van der Waals surface area contributed by atoms with E-state index in [1.165, 1.54) is 0 Å². The van der Waals surface area contributed by atoms with Crippen molar-refractivity contribution in [3.63, 3.8) is 0 Å². The van der Waals surface area contributed by atoms with E-state index in [2.05, 4.69) is 0 Å². The van der Waals surface area contributed by atoms with Crippen LogP contribution in [0.2, 0.25) is 0 Å². The van der Waals surface area contributed by atoms with Gasteiger partial charge in [0.15, 0.2) is 0 Å². The van der Waals surface area contributed by atoms with E-state index < -0.39 is 67.9 Å². The maximum absolute atomic E-state index is 12.9. The molecule has 1 aliphatic heterocycles. The van der Waals surface area contributed by atoms with E-state index in [-0.39, 0.29) is 10.4 Å². The predicted octanol–water partition coefficient (Wildman–Crippen LogP) is 1.69. The Hall–Kier alpha value is -1.33. The number of amides is 1. The number of hydrogen-bond donors (Lipinski definition) is 0. The van der Waals surface area contributed by atoms with Crippen LogP contribution in [0.5, 0.6) is 0 Å². The zero-order valence-corrected chi connectivity index (χ0v) is 11.7. The molecule has 0 saturated carbocycles. The van der Waals surface area contributed by atoms with Crippen LogP contribution in [0, 0.1) is 0 Å². The zero-order valence-electron chi connectivity index (χ0n) is 21.7. The lowest BCUT2D eigenvalue weighted by Crippen LogP contribution is -2.41. The highest BCUT2D eigenvalue weighted by Gasteiger charge is 2.51. The molecule has 0 spiro atoms. The Morgan fingerprint density at radius 3 is 2.40 bits per heavy atom. The van der Waals surface area contributed by atoms with Crippen LogP contribution >= 0.6 is 0 Å². The Bertz CT molecular complexity index is 851. The fraction of sp³-hybridized carbons (Fsp3) is 0.533. The first-order valence-corrected chi connectivity index (χ1v) is 6.04. The van der Waals surface area contributed by atoms with Crippen LogP contribution in [-0.2, 0) is 9.31 Å². The first-order chi connectivity index (χ1) is 13.2. The molecule has 20 heavy (non-hydrogen) atoms. The van der Waals surface area contributed by atoms with Gasteiger partial charge >= 0.3 is 7.12 Å². The molecule has 1 aromatic rings. The van der Waals surface area contributed by atoms with Gasteiger partial charge in [-0.05, 0) is 45.2 Å². The van der Waals surface area contributed by atoms with Gasteiger partial charge in [0.05, 0.1) is 16.7 Å². The van der Waals surface area contributed by atoms with Gasteiger partial charge in [-0.1, -0.05) is 12.1 Å². The van der Waals surface area contributed by atoms with Gasteiger partial charge in [0.2, 0.25) is 0 Å². The maximum atomic E-state index is 12.9. The molecule has 1 aromatic carbocycles. The van der Waals surface area contributed by atoms with Crippen molar-refractivity contribution in [2.45, 2.75) is 38.9 Å². The normalized spacial score (nSPS) is 28.5. The van der Waals surface area contributed by atoms with Gasteiger partial charge in [-0.3, -0.25) is 4.79 Å². The van der Waals surface area contributed by atoms with Gasteiger partial charge in [-0.15, -0.1) is 0 Å². The SMILES string of the molecule is [2H]c1c([2H])c(B2OC(C)(C)C(C)(C)O2)c([2H])c(C(=O)N(C([2H])([2H])[2H])C([2H])([2H])[2H])c1[2H]. The topological polar surface area (TPSA) is 38.8 Å². The highest BCUT2D eigenvalue weighted by atomic mass is 16.7. The molecule has 0 aliphatic carbocycles. The molecule has 0 unspecified atom stereocenters.